The SMILES string of the molecule is Cc1ccc(NC(=S)NC(=O)/C=C/c2ccccc2Cl)c(Br)c1. The van der Waals surface area contributed by atoms with Crippen molar-refractivity contribution in [2.45, 2.75) is 6.92 Å². The molecule has 0 saturated heterocycles. The molecule has 0 aliphatic rings. The Morgan fingerprint density at radius 1 is 1.26 bits per heavy atom. The predicted molar refractivity (Wildman–Crippen MR) is 104 cm³/mol. The summed E-state index contributed by atoms with van der Waals surface area (Å²) in [5.74, 6) is -0.328. The second-order valence-electron chi connectivity index (χ2n) is 4.78. The van der Waals surface area contributed by atoms with E-state index in [1.54, 1.807) is 12.1 Å². The van der Waals surface area contributed by atoms with Gasteiger partial charge in [-0.3, -0.25) is 10.1 Å². The maximum atomic E-state index is 11.9. The van der Waals surface area contributed by atoms with Crippen LogP contribution in [0.25, 0.3) is 6.08 Å². The average Bonchev–Trinajstić information content (AvgIpc) is 2.49. The minimum Gasteiger partial charge on any atom is -0.331 e. The van der Waals surface area contributed by atoms with Gasteiger partial charge in [-0.25, -0.2) is 0 Å². The van der Waals surface area contributed by atoms with Crippen LogP contribution >= 0.6 is 39.7 Å². The van der Waals surface area contributed by atoms with Crippen LogP contribution in [-0.4, -0.2) is 11.0 Å². The highest BCUT2D eigenvalue weighted by molar-refractivity contribution is 9.10. The Morgan fingerprint density at radius 3 is 2.70 bits per heavy atom. The van der Waals surface area contributed by atoms with Gasteiger partial charge in [0.25, 0.3) is 0 Å². The Hall–Kier alpha value is -1.69. The van der Waals surface area contributed by atoms with E-state index in [1.807, 2.05) is 43.3 Å². The molecule has 0 spiro atoms. The lowest BCUT2D eigenvalue weighted by Crippen LogP contribution is -2.32. The van der Waals surface area contributed by atoms with E-state index < -0.39 is 0 Å². The predicted octanol–water partition coefficient (Wildman–Crippen LogP) is 4.94. The highest BCUT2D eigenvalue weighted by Crippen LogP contribution is 2.23. The molecule has 1 amide bonds. The molecular formula is C17H14BrClN2OS. The number of carbonyl (C=O) groups is 1. The van der Waals surface area contributed by atoms with Crippen LogP contribution in [0.4, 0.5) is 5.69 Å². The van der Waals surface area contributed by atoms with Crippen LogP contribution in [-0.2, 0) is 4.79 Å². The highest BCUT2D eigenvalue weighted by Gasteiger charge is 2.05. The molecule has 0 atom stereocenters. The molecule has 0 heterocycles. The topological polar surface area (TPSA) is 41.1 Å². The number of thiocarbonyl (C=S) groups is 1. The Labute approximate surface area is 153 Å². The summed E-state index contributed by atoms with van der Waals surface area (Å²) in [5.41, 5.74) is 2.68. The minimum absolute atomic E-state index is 0.225. The zero-order chi connectivity index (χ0) is 16.8. The summed E-state index contributed by atoms with van der Waals surface area (Å²) in [7, 11) is 0. The zero-order valence-corrected chi connectivity index (χ0v) is 15.4. The molecule has 23 heavy (non-hydrogen) atoms. The van der Waals surface area contributed by atoms with Gasteiger partial charge in [-0.15, -0.1) is 0 Å². The van der Waals surface area contributed by atoms with Crippen molar-refractivity contribution < 1.29 is 4.79 Å². The van der Waals surface area contributed by atoms with E-state index in [0.29, 0.717) is 5.02 Å². The Bertz CT molecular complexity index is 777. The van der Waals surface area contributed by atoms with E-state index in [2.05, 4.69) is 26.6 Å². The molecule has 0 bridgehead atoms. The second-order valence-corrected chi connectivity index (χ2v) is 6.45. The summed E-state index contributed by atoms with van der Waals surface area (Å²) in [6, 6.07) is 13.1. The summed E-state index contributed by atoms with van der Waals surface area (Å²) in [6.45, 7) is 1.99. The molecule has 0 aromatic heterocycles. The van der Waals surface area contributed by atoms with Gasteiger partial charge in [0, 0.05) is 15.6 Å². The van der Waals surface area contributed by atoms with Gasteiger partial charge in [0.15, 0.2) is 5.11 Å². The van der Waals surface area contributed by atoms with E-state index in [0.717, 1.165) is 21.3 Å². The largest absolute Gasteiger partial charge is 0.331 e. The molecule has 2 N–H and O–H groups in total. The molecule has 0 saturated carbocycles. The monoisotopic (exact) mass is 408 g/mol. The lowest BCUT2D eigenvalue weighted by atomic mass is 10.2. The van der Waals surface area contributed by atoms with E-state index in [9.17, 15) is 4.79 Å². The van der Waals surface area contributed by atoms with Crippen molar-refractivity contribution in [3.05, 3.63) is 69.2 Å². The van der Waals surface area contributed by atoms with Crippen molar-refractivity contribution in [3.63, 3.8) is 0 Å². The minimum atomic E-state index is -0.328. The first-order chi connectivity index (χ1) is 11.0. The maximum Gasteiger partial charge on any atom is 0.250 e. The molecule has 2 rings (SSSR count). The van der Waals surface area contributed by atoms with Crippen molar-refractivity contribution in [2.24, 2.45) is 0 Å². The second kappa shape index (κ2) is 8.24. The van der Waals surface area contributed by atoms with Crippen molar-refractivity contribution in [1.82, 2.24) is 5.32 Å². The molecular weight excluding hydrogens is 396 g/mol. The number of halogens is 2. The average molecular weight is 410 g/mol. The molecule has 0 aliphatic heterocycles. The number of nitrogens with one attached hydrogen (secondary N) is 2. The number of carbonyl (C=O) groups excluding carboxylic acids is 1. The van der Waals surface area contributed by atoms with Gasteiger partial charge in [-0.05, 0) is 70.5 Å². The molecule has 0 unspecified atom stereocenters. The van der Waals surface area contributed by atoms with Crippen LogP contribution < -0.4 is 10.6 Å². The van der Waals surface area contributed by atoms with E-state index in [4.69, 9.17) is 23.8 Å². The van der Waals surface area contributed by atoms with Crippen LogP contribution in [0.3, 0.4) is 0 Å². The summed E-state index contributed by atoms with van der Waals surface area (Å²) in [6.07, 6.45) is 3.03. The third-order valence-electron chi connectivity index (χ3n) is 2.93. The number of hydrogen-bond acceptors (Lipinski definition) is 2. The fourth-order valence-corrected chi connectivity index (χ4v) is 2.81. The van der Waals surface area contributed by atoms with Gasteiger partial charge in [-0.2, -0.15) is 0 Å². The van der Waals surface area contributed by atoms with Crippen molar-refractivity contribution in [1.29, 1.82) is 0 Å². The third kappa shape index (κ3) is 5.46. The van der Waals surface area contributed by atoms with Gasteiger partial charge < -0.3 is 5.32 Å². The van der Waals surface area contributed by atoms with Gasteiger partial charge in [0.2, 0.25) is 5.91 Å². The fraction of sp³-hybridized carbons (Fsp3) is 0.0588. The molecule has 2 aromatic rings. The Morgan fingerprint density at radius 2 is 2.00 bits per heavy atom. The number of amides is 1. The Kier molecular flexibility index (Phi) is 6.33. The first kappa shape index (κ1) is 17.7. The summed E-state index contributed by atoms with van der Waals surface area (Å²) < 4.78 is 0.876. The molecule has 2 aromatic carbocycles. The standard InChI is InChI=1S/C17H14BrClN2OS/c1-11-6-8-15(13(18)10-11)20-17(23)21-16(22)9-7-12-4-2-3-5-14(12)19/h2-10H,1H3,(H2,20,21,22,23)/b9-7+. The molecule has 0 aliphatic carbocycles. The number of anilines is 1. The van der Waals surface area contributed by atoms with Gasteiger partial charge in [0.05, 0.1) is 5.69 Å². The number of benzene rings is 2. The van der Waals surface area contributed by atoms with E-state index in [1.165, 1.54) is 6.08 Å². The van der Waals surface area contributed by atoms with Crippen LogP contribution in [0, 0.1) is 6.92 Å². The van der Waals surface area contributed by atoms with Crippen LogP contribution in [0.1, 0.15) is 11.1 Å². The van der Waals surface area contributed by atoms with Crippen LogP contribution in [0.15, 0.2) is 53.0 Å². The fourth-order valence-electron chi connectivity index (χ4n) is 1.80. The van der Waals surface area contributed by atoms with Crippen LogP contribution in [0.2, 0.25) is 5.02 Å². The molecule has 0 radical (unpaired) electrons. The molecule has 0 fully saturated rings. The van der Waals surface area contributed by atoms with Crippen LogP contribution in [0.5, 0.6) is 0 Å². The third-order valence-corrected chi connectivity index (χ3v) is 4.13. The zero-order valence-electron chi connectivity index (χ0n) is 12.3. The van der Waals surface area contributed by atoms with E-state index >= 15 is 0 Å². The normalized spacial score (nSPS) is 10.6. The van der Waals surface area contributed by atoms with Gasteiger partial charge in [0.1, 0.15) is 0 Å². The summed E-state index contributed by atoms with van der Waals surface area (Å²) >= 11 is 14.6. The smallest absolute Gasteiger partial charge is 0.250 e. The maximum absolute atomic E-state index is 11.9. The number of rotatable bonds is 3. The Balaban J connectivity index is 1.95. The molecule has 6 heteroatoms. The summed E-state index contributed by atoms with van der Waals surface area (Å²) in [4.78, 5) is 11.9. The number of aryl methyl sites for hydroxylation is 1. The number of hydrogen-bond donors (Lipinski definition) is 2. The lowest BCUT2D eigenvalue weighted by Gasteiger charge is -2.10. The van der Waals surface area contributed by atoms with E-state index in [-0.39, 0.29) is 11.0 Å². The van der Waals surface area contributed by atoms with Crippen molar-refractivity contribution in [2.75, 3.05) is 5.32 Å². The first-order valence-corrected chi connectivity index (χ1v) is 8.34. The lowest BCUT2D eigenvalue weighted by molar-refractivity contribution is -0.115. The molecule has 3 nitrogen and oxygen atoms in total. The highest BCUT2D eigenvalue weighted by atomic mass is 79.9. The van der Waals surface area contributed by atoms with Crippen molar-refractivity contribution >= 4 is 62.5 Å². The van der Waals surface area contributed by atoms with Gasteiger partial charge in [-0.1, -0.05) is 35.9 Å². The van der Waals surface area contributed by atoms with Crippen molar-refractivity contribution in [3.8, 4) is 0 Å². The summed E-state index contributed by atoms with van der Waals surface area (Å²) in [5, 5.41) is 6.37. The quantitative estimate of drug-likeness (QED) is 0.557. The molecule has 118 valence electrons. The van der Waals surface area contributed by atoms with Gasteiger partial charge >= 0.3 is 0 Å². The first-order valence-electron chi connectivity index (χ1n) is 6.76.